The summed E-state index contributed by atoms with van der Waals surface area (Å²) in [6, 6.07) is 6.62. The fourth-order valence-corrected chi connectivity index (χ4v) is 3.86. The third-order valence-electron chi connectivity index (χ3n) is 5.06. The minimum Gasteiger partial charge on any atom is -0.399 e. The zero-order valence-corrected chi connectivity index (χ0v) is 15.5. The molecule has 3 N–H and O–H groups in total. The molecule has 0 amide bonds. The molecule has 1 fully saturated rings. The molecule has 0 bridgehead atoms. The number of aromatic nitrogens is 1. The van der Waals surface area contributed by atoms with Crippen LogP contribution in [0.15, 0.2) is 42.0 Å². The number of aliphatic imine (C=N–C) groups is 1. The van der Waals surface area contributed by atoms with E-state index in [2.05, 4.69) is 16.1 Å². The van der Waals surface area contributed by atoms with Crippen LogP contribution >= 0.6 is 11.6 Å². The smallest absolute Gasteiger partial charge is 0.142 e. The van der Waals surface area contributed by atoms with Crippen molar-refractivity contribution in [3.8, 4) is 0 Å². The van der Waals surface area contributed by atoms with Gasteiger partial charge in [0.1, 0.15) is 11.6 Å². The third-order valence-corrected chi connectivity index (χ3v) is 5.36. The van der Waals surface area contributed by atoms with E-state index < -0.39 is 11.9 Å². The number of rotatable bonds is 5. The molecule has 1 aromatic heterocycles. The zero-order chi connectivity index (χ0) is 18.8. The molecule has 1 aliphatic rings. The lowest BCUT2D eigenvalue weighted by atomic mass is 9.94. The molecule has 0 radical (unpaired) electrons. The summed E-state index contributed by atoms with van der Waals surface area (Å²) in [5.74, 6) is 0.331. The number of hydrogen-bond acceptors (Lipinski definition) is 3. The van der Waals surface area contributed by atoms with Gasteiger partial charge in [-0.3, -0.25) is 0 Å². The number of hydrogen-bond donors (Lipinski definition) is 2. The predicted octanol–water partition coefficient (Wildman–Crippen LogP) is 5.01. The summed E-state index contributed by atoms with van der Waals surface area (Å²) in [6.07, 6.45) is 5.53. The Morgan fingerprint density at radius 3 is 2.88 bits per heavy atom. The normalized spacial score (nSPS) is 21.4. The van der Waals surface area contributed by atoms with Gasteiger partial charge in [0, 0.05) is 29.7 Å². The van der Waals surface area contributed by atoms with Gasteiger partial charge in [-0.15, -0.1) is 0 Å². The third kappa shape index (κ3) is 3.55. The molecular formula is C20H23ClFN3O. The van der Waals surface area contributed by atoms with Crippen molar-refractivity contribution in [2.45, 2.75) is 38.3 Å². The second kappa shape index (κ2) is 7.64. The van der Waals surface area contributed by atoms with E-state index in [0.29, 0.717) is 11.3 Å². The first-order valence-corrected chi connectivity index (χ1v) is 9.07. The summed E-state index contributed by atoms with van der Waals surface area (Å²) in [4.78, 5) is 4.45. The lowest BCUT2D eigenvalue weighted by Gasteiger charge is -2.20. The molecule has 0 unspecified atom stereocenters. The summed E-state index contributed by atoms with van der Waals surface area (Å²) >= 11 is 5.73. The van der Waals surface area contributed by atoms with Gasteiger partial charge in [-0.25, -0.2) is 9.38 Å². The van der Waals surface area contributed by atoms with Crippen LogP contribution in [0.25, 0.3) is 5.70 Å². The van der Waals surface area contributed by atoms with Gasteiger partial charge in [0.2, 0.25) is 0 Å². The Labute approximate surface area is 157 Å². The molecular weight excluding hydrogens is 353 g/mol. The van der Waals surface area contributed by atoms with Crippen LogP contribution in [0.2, 0.25) is 5.02 Å². The van der Waals surface area contributed by atoms with Crippen molar-refractivity contribution in [3.05, 3.63) is 59.0 Å². The SMILES string of the molecule is C=C(N)c1ccn([C@H]2CC[C@@H]([C@@H](O)c3ccc(Cl)c(F)c3)C2)c1/N=C\C. The Kier molecular flexibility index (Phi) is 5.49. The largest absolute Gasteiger partial charge is 0.399 e. The molecule has 6 heteroatoms. The number of aliphatic hydroxyl groups excluding tert-OH is 1. The van der Waals surface area contributed by atoms with Crippen molar-refractivity contribution in [1.82, 2.24) is 4.57 Å². The lowest BCUT2D eigenvalue weighted by molar-refractivity contribution is 0.109. The van der Waals surface area contributed by atoms with Gasteiger partial charge < -0.3 is 15.4 Å². The van der Waals surface area contributed by atoms with Crippen LogP contribution < -0.4 is 5.73 Å². The molecule has 1 aromatic carbocycles. The van der Waals surface area contributed by atoms with E-state index in [0.717, 1.165) is 30.6 Å². The first-order chi connectivity index (χ1) is 12.4. The van der Waals surface area contributed by atoms with E-state index in [1.165, 1.54) is 12.1 Å². The van der Waals surface area contributed by atoms with Crippen LogP contribution in [0.1, 0.15) is 49.5 Å². The average molecular weight is 376 g/mol. The van der Waals surface area contributed by atoms with Gasteiger partial charge >= 0.3 is 0 Å². The maximum Gasteiger partial charge on any atom is 0.142 e. The summed E-state index contributed by atoms with van der Waals surface area (Å²) in [5, 5.41) is 10.7. The number of aliphatic hydroxyl groups is 1. The second-order valence-corrected chi connectivity index (χ2v) is 7.13. The number of nitrogens with zero attached hydrogens (tertiary/aromatic N) is 2. The molecule has 4 nitrogen and oxygen atoms in total. The van der Waals surface area contributed by atoms with Crippen molar-refractivity contribution in [1.29, 1.82) is 0 Å². The van der Waals surface area contributed by atoms with Crippen molar-refractivity contribution in [2.24, 2.45) is 16.6 Å². The van der Waals surface area contributed by atoms with Gasteiger partial charge in [0.15, 0.2) is 0 Å². The molecule has 0 aliphatic heterocycles. The lowest BCUT2D eigenvalue weighted by Crippen LogP contribution is -2.11. The van der Waals surface area contributed by atoms with Crippen molar-refractivity contribution >= 4 is 29.3 Å². The maximum absolute atomic E-state index is 13.7. The molecule has 2 aromatic rings. The van der Waals surface area contributed by atoms with Gasteiger partial charge in [-0.05, 0) is 55.9 Å². The van der Waals surface area contributed by atoms with E-state index in [4.69, 9.17) is 17.3 Å². The van der Waals surface area contributed by atoms with Gasteiger partial charge in [-0.2, -0.15) is 0 Å². The molecule has 3 atom stereocenters. The van der Waals surface area contributed by atoms with Crippen LogP contribution in [-0.2, 0) is 0 Å². The first kappa shape index (κ1) is 18.7. The molecule has 1 heterocycles. The van der Waals surface area contributed by atoms with Crippen molar-refractivity contribution in [2.75, 3.05) is 0 Å². The minimum absolute atomic E-state index is 0.0472. The topological polar surface area (TPSA) is 63.5 Å². The van der Waals surface area contributed by atoms with Crippen LogP contribution in [0.3, 0.4) is 0 Å². The first-order valence-electron chi connectivity index (χ1n) is 8.69. The Bertz CT molecular complexity index is 846. The molecule has 1 aliphatic carbocycles. The highest BCUT2D eigenvalue weighted by Crippen LogP contribution is 2.44. The van der Waals surface area contributed by atoms with Crippen LogP contribution in [0, 0.1) is 11.7 Å². The summed E-state index contributed by atoms with van der Waals surface area (Å²) in [5.41, 5.74) is 7.74. The number of nitrogens with two attached hydrogens (primary N) is 1. The molecule has 3 rings (SSSR count). The highest BCUT2D eigenvalue weighted by atomic mass is 35.5. The van der Waals surface area contributed by atoms with E-state index in [1.807, 2.05) is 19.2 Å². The summed E-state index contributed by atoms with van der Waals surface area (Å²) in [7, 11) is 0. The standard InChI is InChI=1S/C20H23ClFN3O/c1-3-24-20-16(12(2)23)8-9-25(20)15-6-4-13(10-15)19(26)14-5-7-17(21)18(22)11-14/h3,5,7-9,11,13,15,19,26H,2,4,6,10,23H2,1H3/b24-3-/t13-,15+,19-/m1/s1. The van der Waals surface area contributed by atoms with Crippen LogP contribution in [0.5, 0.6) is 0 Å². The highest BCUT2D eigenvalue weighted by Gasteiger charge is 2.33. The molecule has 0 saturated heterocycles. The summed E-state index contributed by atoms with van der Waals surface area (Å²) < 4.78 is 15.8. The molecule has 0 spiro atoms. The molecule has 1 saturated carbocycles. The average Bonchev–Trinajstić information content (AvgIpc) is 3.24. The fraction of sp³-hybridized carbons (Fsp3) is 0.350. The second-order valence-electron chi connectivity index (χ2n) is 6.72. The van der Waals surface area contributed by atoms with Crippen LogP contribution in [0.4, 0.5) is 10.2 Å². The Morgan fingerprint density at radius 2 is 2.23 bits per heavy atom. The summed E-state index contributed by atoms with van der Waals surface area (Å²) in [6.45, 7) is 5.67. The Morgan fingerprint density at radius 1 is 1.46 bits per heavy atom. The van der Waals surface area contributed by atoms with Gasteiger partial charge in [-0.1, -0.05) is 24.2 Å². The van der Waals surface area contributed by atoms with E-state index >= 15 is 0 Å². The van der Waals surface area contributed by atoms with Crippen LogP contribution in [-0.4, -0.2) is 15.9 Å². The Balaban J connectivity index is 1.80. The van der Waals surface area contributed by atoms with Gasteiger partial charge in [0.25, 0.3) is 0 Å². The molecule has 138 valence electrons. The molecule has 26 heavy (non-hydrogen) atoms. The van der Waals surface area contributed by atoms with E-state index in [-0.39, 0.29) is 17.0 Å². The fourth-order valence-electron chi connectivity index (χ4n) is 3.74. The van der Waals surface area contributed by atoms with E-state index in [9.17, 15) is 9.50 Å². The van der Waals surface area contributed by atoms with Crippen molar-refractivity contribution < 1.29 is 9.50 Å². The minimum atomic E-state index is -0.718. The van der Waals surface area contributed by atoms with Crippen molar-refractivity contribution in [3.63, 3.8) is 0 Å². The monoisotopic (exact) mass is 375 g/mol. The Hall–Kier alpha value is -2.11. The predicted molar refractivity (Wildman–Crippen MR) is 104 cm³/mol. The number of benzene rings is 1. The zero-order valence-electron chi connectivity index (χ0n) is 14.7. The number of halogens is 2. The van der Waals surface area contributed by atoms with Gasteiger partial charge in [0.05, 0.1) is 11.1 Å². The quantitative estimate of drug-likeness (QED) is 0.721. The maximum atomic E-state index is 13.7. The van der Waals surface area contributed by atoms with E-state index in [1.54, 1.807) is 12.3 Å². The highest BCUT2D eigenvalue weighted by molar-refractivity contribution is 6.30.